The minimum atomic E-state index is -0.485. The monoisotopic (exact) mass is 405 g/mol. The van der Waals surface area contributed by atoms with Gasteiger partial charge < -0.3 is 14.2 Å². The molecule has 0 unspecified atom stereocenters. The molecule has 4 rings (SSSR count). The molecule has 5 nitrogen and oxygen atoms in total. The first kappa shape index (κ1) is 19.0. The summed E-state index contributed by atoms with van der Waals surface area (Å²) in [4.78, 5) is 17.4. The van der Waals surface area contributed by atoms with Gasteiger partial charge in [-0.3, -0.25) is 0 Å². The average Bonchev–Trinajstić information content (AvgIpc) is 3.38. The van der Waals surface area contributed by atoms with Crippen LogP contribution in [0.1, 0.15) is 21.6 Å². The van der Waals surface area contributed by atoms with Gasteiger partial charge >= 0.3 is 5.97 Å². The molecular weight excluding hydrogens is 386 g/mol. The first-order valence-corrected chi connectivity index (χ1v) is 9.93. The zero-order valence-electron chi connectivity index (χ0n) is 16.0. The van der Waals surface area contributed by atoms with E-state index in [0.29, 0.717) is 29.6 Å². The molecule has 146 valence electrons. The third-order valence-electron chi connectivity index (χ3n) is 4.38. The molecule has 0 fully saturated rings. The van der Waals surface area contributed by atoms with E-state index >= 15 is 0 Å². The second-order valence-electron chi connectivity index (χ2n) is 6.49. The van der Waals surface area contributed by atoms with E-state index in [1.54, 1.807) is 13.2 Å². The van der Waals surface area contributed by atoms with Crippen molar-refractivity contribution in [3.05, 3.63) is 87.2 Å². The Kier molecular flexibility index (Phi) is 5.44. The number of nitrogens with zero attached hydrogens (tertiary/aromatic N) is 1. The molecule has 2 aromatic carbocycles. The molecule has 0 bridgehead atoms. The number of carbonyl (C=O) groups is 1. The van der Waals surface area contributed by atoms with Crippen LogP contribution in [0.15, 0.2) is 70.7 Å². The van der Waals surface area contributed by atoms with Gasteiger partial charge in [-0.15, -0.1) is 11.3 Å². The first-order valence-electron chi connectivity index (χ1n) is 9.05. The van der Waals surface area contributed by atoms with E-state index < -0.39 is 5.97 Å². The first-order chi connectivity index (χ1) is 14.1. The number of aliphatic imine (C=N–C) groups is 1. The molecule has 29 heavy (non-hydrogen) atoms. The van der Waals surface area contributed by atoms with Crippen LogP contribution in [0.25, 0.3) is 6.08 Å². The molecule has 0 radical (unpaired) electrons. The topological polar surface area (TPSA) is 57.1 Å². The van der Waals surface area contributed by atoms with Crippen LogP contribution in [0.3, 0.4) is 0 Å². The van der Waals surface area contributed by atoms with E-state index in [2.05, 4.69) is 4.99 Å². The van der Waals surface area contributed by atoms with Crippen molar-refractivity contribution in [1.82, 2.24) is 0 Å². The number of ether oxygens (including phenoxy) is 3. The van der Waals surface area contributed by atoms with E-state index in [0.717, 1.165) is 10.4 Å². The normalized spacial score (nSPS) is 14.6. The van der Waals surface area contributed by atoms with Crippen molar-refractivity contribution in [2.24, 2.45) is 4.99 Å². The highest BCUT2D eigenvalue weighted by molar-refractivity contribution is 7.12. The molecule has 0 amide bonds. The van der Waals surface area contributed by atoms with Crippen molar-refractivity contribution < 1.29 is 19.0 Å². The second kappa shape index (κ2) is 8.32. The second-order valence-corrected chi connectivity index (χ2v) is 7.44. The van der Waals surface area contributed by atoms with Crippen molar-refractivity contribution in [2.75, 3.05) is 7.11 Å². The maximum absolute atomic E-state index is 12.3. The Labute approximate surface area is 172 Å². The molecular formula is C23H19NO4S. The highest BCUT2D eigenvalue weighted by Crippen LogP contribution is 2.29. The summed E-state index contributed by atoms with van der Waals surface area (Å²) in [5.41, 5.74) is 3.17. The van der Waals surface area contributed by atoms with Gasteiger partial charge in [-0.25, -0.2) is 9.79 Å². The van der Waals surface area contributed by atoms with Crippen LogP contribution < -0.4 is 9.47 Å². The molecule has 6 heteroatoms. The summed E-state index contributed by atoms with van der Waals surface area (Å²) < 4.78 is 16.6. The molecule has 0 aliphatic carbocycles. The van der Waals surface area contributed by atoms with Crippen molar-refractivity contribution in [1.29, 1.82) is 0 Å². The number of thiophene rings is 1. The lowest BCUT2D eigenvalue weighted by atomic mass is 10.1. The van der Waals surface area contributed by atoms with Gasteiger partial charge in [0.2, 0.25) is 5.90 Å². The summed E-state index contributed by atoms with van der Waals surface area (Å²) in [6, 6.07) is 17.4. The molecule has 1 aliphatic rings. The summed E-state index contributed by atoms with van der Waals surface area (Å²) in [5, 5.41) is 1.91. The molecule has 0 saturated carbocycles. The third-order valence-corrected chi connectivity index (χ3v) is 5.23. The number of esters is 1. The minimum Gasteiger partial charge on any atom is -0.497 e. The molecule has 1 aromatic heterocycles. The highest BCUT2D eigenvalue weighted by atomic mass is 32.1. The number of hydrogen-bond donors (Lipinski definition) is 0. The fourth-order valence-corrected chi connectivity index (χ4v) is 3.45. The summed E-state index contributed by atoms with van der Waals surface area (Å²) in [5.74, 6) is 1.13. The molecule has 0 spiro atoms. The van der Waals surface area contributed by atoms with E-state index in [9.17, 15) is 4.79 Å². The van der Waals surface area contributed by atoms with Crippen LogP contribution in [0.2, 0.25) is 0 Å². The van der Waals surface area contributed by atoms with E-state index in [-0.39, 0.29) is 5.70 Å². The van der Waals surface area contributed by atoms with Gasteiger partial charge in [-0.2, -0.15) is 0 Å². The van der Waals surface area contributed by atoms with Crippen LogP contribution in [-0.2, 0) is 16.1 Å². The number of cyclic esters (lactones) is 1. The van der Waals surface area contributed by atoms with Gasteiger partial charge in [0.15, 0.2) is 5.70 Å². The maximum Gasteiger partial charge on any atom is 0.363 e. The number of methoxy groups -OCH3 is 1. The van der Waals surface area contributed by atoms with Crippen molar-refractivity contribution in [3.8, 4) is 11.5 Å². The largest absolute Gasteiger partial charge is 0.497 e. The fraction of sp³-hybridized carbons (Fsp3) is 0.130. The molecule has 0 N–H and O–H groups in total. The van der Waals surface area contributed by atoms with Crippen LogP contribution >= 0.6 is 11.3 Å². The Bertz CT molecular complexity index is 1080. The molecule has 3 aromatic rings. The number of hydrogen-bond acceptors (Lipinski definition) is 6. The number of rotatable bonds is 6. The van der Waals surface area contributed by atoms with Gasteiger partial charge in [0.05, 0.1) is 12.0 Å². The minimum absolute atomic E-state index is 0.224. The van der Waals surface area contributed by atoms with Crippen LogP contribution in [-0.4, -0.2) is 19.0 Å². The number of aryl methyl sites for hydroxylation is 1. The van der Waals surface area contributed by atoms with Gasteiger partial charge in [-0.05, 0) is 48.2 Å². The van der Waals surface area contributed by atoms with Crippen molar-refractivity contribution in [2.45, 2.75) is 13.5 Å². The highest BCUT2D eigenvalue weighted by Gasteiger charge is 2.25. The van der Waals surface area contributed by atoms with Crippen LogP contribution in [0.4, 0.5) is 0 Å². The zero-order chi connectivity index (χ0) is 20.2. The fourth-order valence-electron chi connectivity index (χ4n) is 2.81. The SMILES string of the molecule is COc1ccc(OCc2ccc(C)cc2)c(C=C2N=C(c3cccs3)OC2=O)c1. The van der Waals surface area contributed by atoms with Crippen LogP contribution in [0, 0.1) is 6.92 Å². The number of benzene rings is 2. The Balaban J connectivity index is 1.62. The van der Waals surface area contributed by atoms with Crippen molar-refractivity contribution >= 4 is 29.3 Å². The zero-order valence-corrected chi connectivity index (χ0v) is 16.9. The molecule has 1 aliphatic heterocycles. The van der Waals surface area contributed by atoms with Gasteiger partial charge in [0, 0.05) is 5.56 Å². The molecule has 0 saturated heterocycles. The quantitative estimate of drug-likeness (QED) is 0.428. The Morgan fingerprint density at radius 2 is 1.97 bits per heavy atom. The summed E-state index contributed by atoms with van der Waals surface area (Å²) in [6.07, 6.45) is 1.66. The lowest BCUT2D eigenvalue weighted by Crippen LogP contribution is -2.03. The Morgan fingerprint density at radius 1 is 1.14 bits per heavy atom. The molecule has 2 heterocycles. The van der Waals surface area contributed by atoms with Gasteiger partial charge in [-0.1, -0.05) is 35.9 Å². The van der Waals surface area contributed by atoms with Crippen molar-refractivity contribution in [3.63, 3.8) is 0 Å². The van der Waals surface area contributed by atoms with E-state index in [1.807, 2.05) is 66.9 Å². The smallest absolute Gasteiger partial charge is 0.363 e. The predicted molar refractivity (Wildman–Crippen MR) is 113 cm³/mol. The Hall–Kier alpha value is -3.38. The molecule has 0 atom stereocenters. The van der Waals surface area contributed by atoms with Crippen LogP contribution in [0.5, 0.6) is 11.5 Å². The number of carbonyl (C=O) groups excluding carboxylic acids is 1. The lowest BCUT2D eigenvalue weighted by Gasteiger charge is -2.11. The van der Waals surface area contributed by atoms with E-state index in [1.165, 1.54) is 16.9 Å². The lowest BCUT2D eigenvalue weighted by molar-refractivity contribution is -0.129. The average molecular weight is 405 g/mol. The third kappa shape index (κ3) is 4.38. The predicted octanol–water partition coefficient (Wildman–Crippen LogP) is 4.99. The van der Waals surface area contributed by atoms with Gasteiger partial charge in [0.25, 0.3) is 0 Å². The summed E-state index contributed by atoms with van der Waals surface area (Å²) in [6.45, 7) is 2.46. The standard InChI is InChI=1S/C23H19NO4S/c1-15-5-7-16(8-6-15)14-27-20-10-9-18(26-2)12-17(20)13-19-23(25)28-22(24-19)21-4-3-11-29-21/h3-13H,14H2,1-2H3. The van der Waals surface area contributed by atoms with E-state index in [4.69, 9.17) is 14.2 Å². The Morgan fingerprint density at radius 3 is 2.69 bits per heavy atom. The van der Waals surface area contributed by atoms with Gasteiger partial charge in [0.1, 0.15) is 18.1 Å². The summed E-state index contributed by atoms with van der Waals surface area (Å²) >= 11 is 1.47. The summed E-state index contributed by atoms with van der Waals surface area (Å²) in [7, 11) is 1.59. The maximum atomic E-state index is 12.3.